The number of anilines is 2. The van der Waals surface area contributed by atoms with E-state index in [9.17, 15) is 10.2 Å². The average Bonchev–Trinajstić information content (AvgIpc) is 2.84. The second kappa shape index (κ2) is 11.0. The van der Waals surface area contributed by atoms with Crippen LogP contribution in [0.1, 0.15) is 22.5 Å². The summed E-state index contributed by atoms with van der Waals surface area (Å²) in [6.45, 7) is 0.621. The van der Waals surface area contributed by atoms with Crippen LogP contribution in [0.5, 0.6) is 0 Å². The third-order valence-electron chi connectivity index (χ3n) is 5.29. The van der Waals surface area contributed by atoms with Crippen LogP contribution in [0.25, 0.3) is 0 Å². The van der Waals surface area contributed by atoms with Crippen LogP contribution in [0.2, 0.25) is 0 Å². The Labute approximate surface area is 193 Å². The molecule has 0 spiro atoms. The molecular weight excluding hydrogens is 418 g/mol. The van der Waals surface area contributed by atoms with Crippen LogP contribution < -0.4 is 21.5 Å². The number of nitrogens with one attached hydrogen (secondary N) is 2. The lowest BCUT2D eigenvalue weighted by molar-refractivity contribution is 0.283. The number of rotatable bonds is 10. The number of hydrazine groups is 1. The van der Waals surface area contributed by atoms with Gasteiger partial charge in [0.25, 0.3) is 0 Å². The molecule has 0 bridgehead atoms. The Bertz CT molecular complexity index is 1080. The third-order valence-corrected chi connectivity index (χ3v) is 5.29. The molecule has 4 rings (SSSR count). The summed E-state index contributed by atoms with van der Waals surface area (Å²) in [6.07, 6.45) is 0.566. The van der Waals surface area contributed by atoms with Gasteiger partial charge in [0.1, 0.15) is 11.4 Å². The molecular formula is C24H29N7O2. The number of nitrogens with two attached hydrogens (primary N) is 1. The summed E-state index contributed by atoms with van der Waals surface area (Å²) in [5, 5.41) is 26.4. The number of benzene rings is 2. The van der Waals surface area contributed by atoms with Gasteiger partial charge in [-0.1, -0.05) is 60.7 Å². The predicted octanol–water partition coefficient (Wildman–Crippen LogP) is 1.06. The van der Waals surface area contributed by atoms with Crippen LogP contribution in [0.4, 0.5) is 11.6 Å². The maximum absolute atomic E-state index is 9.32. The molecule has 3 aromatic rings. The zero-order valence-electron chi connectivity index (χ0n) is 18.4. The van der Waals surface area contributed by atoms with Crippen LogP contribution in [0.15, 0.2) is 65.7 Å². The number of fused-ring (bicyclic) bond motifs is 1. The van der Waals surface area contributed by atoms with E-state index in [0.29, 0.717) is 43.3 Å². The molecule has 2 heterocycles. The van der Waals surface area contributed by atoms with Crippen LogP contribution in [0, 0.1) is 0 Å². The van der Waals surface area contributed by atoms with E-state index < -0.39 is 6.29 Å². The van der Waals surface area contributed by atoms with Crippen molar-refractivity contribution in [3.63, 3.8) is 0 Å². The van der Waals surface area contributed by atoms with E-state index in [1.54, 1.807) is 0 Å². The number of aliphatic hydroxyl groups is 2. The molecule has 6 N–H and O–H groups in total. The van der Waals surface area contributed by atoms with Crippen molar-refractivity contribution in [2.24, 2.45) is 10.8 Å². The SMILES string of the molecule is NN1c2c(Cc3ccccc3)nc(NCCO)nc2C(Cc2ccccc2)=NC1NCCO. The lowest BCUT2D eigenvalue weighted by atomic mass is 10.0. The molecule has 172 valence electrons. The molecule has 9 heteroatoms. The Hall–Kier alpha value is -3.37. The first-order valence-electron chi connectivity index (χ1n) is 11.0. The molecule has 0 fully saturated rings. The van der Waals surface area contributed by atoms with Gasteiger partial charge in [-0.3, -0.25) is 10.3 Å². The number of aromatic nitrogens is 2. The zero-order valence-corrected chi connectivity index (χ0v) is 18.4. The Morgan fingerprint density at radius 3 is 2.12 bits per heavy atom. The lowest BCUT2D eigenvalue weighted by Gasteiger charge is -2.34. The summed E-state index contributed by atoms with van der Waals surface area (Å²) in [5.74, 6) is 6.95. The topological polar surface area (TPSA) is 132 Å². The van der Waals surface area contributed by atoms with Gasteiger partial charge in [-0.25, -0.2) is 20.8 Å². The standard InChI is InChI=1S/C24H29N7O2/c25-31-22-20(16-18-9-5-2-6-10-18)28-23(26-11-13-32)30-21(22)19(29-24(31)27-12-14-33)15-17-7-3-1-4-8-17/h1-10,24,27,32-33H,11-16,25H2,(H,26,28,30). The van der Waals surface area contributed by atoms with E-state index in [4.69, 9.17) is 20.8 Å². The van der Waals surface area contributed by atoms with E-state index in [0.717, 1.165) is 22.5 Å². The highest BCUT2D eigenvalue weighted by Gasteiger charge is 2.31. The molecule has 1 atom stereocenters. The van der Waals surface area contributed by atoms with Gasteiger partial charge >= 0.3 is 0 Å². The van der Waals surface area contributed by atoms with Crippen LogP contribution >= 0.6 is 0 Å². The second-order valence-electron chi connectivity index (χ2n) is 7.70. The van der Waals surface area contributed by atoms with E-state index in [1.807, 2.05) is 60.7 Å². The minimum atomic E-state index is -0.558. The van der Waals surface area contributed by atoms with Gasteiger partial charge in [-0.15, -0.1) is 0 Å². The number of hydrogen-bond acceptors (Lipinski definition) is 9. The fraction of sp³-hybridized carbons (Fsp3) is 0.292. The molecule has 1 aromatic heterocycles. The monoisotopic (exact) mass is 447 g/mol. The quantitative estimate of drug-likeness (QED) is 0.292. The van der Waals surface area contributed by atoms with E-state index in [-0.39, 0.29) is 13.2 Å². The molecule has 0 radical (unpaired) electrons. The van der Waals surface area contributed by atoms with Gasteiger partial charge in [0, 0.05) is 25.9 Å². The second-order valence-corrected chi connectivity index (χ2v) is 7.70. The van der Waals surface area contributed by atoms with Crippen LogP contribution in [-0.2, 0) is 12.8 Å². The molecule has 9 nitrogen and oxygen atoms in total. The molecule has 0 saturated carbocycles. The average molecular weight is 448 g/mol. The fourth-order valence-electron chi connectivity index (χ4n) is 3.78. The maximum Gasteiger partial charge on any atom is 0.223 e. The van der Waals surface area contributed by atoms with Gasteiger partial charge in [-0.2, -0.15) is 0 Å². The zero-order chi connectivity index (χ0) is 23.0. The molecule has 0 saturated heterocycles. The van der Waals surface area contributed by atoms with Gasteiger partial charge < -0.3 is 15.5 Å². The number of aliphatic hydroxyl groups excluding tert-OH is 2. The van der Waals surface area contributed by atoms with Gasteiger partial charge in [0.15, 0.2) is 6.29 Å². The van der Waals surface area contributed by atoms with Crippen molar-refractivity contribution in [3.8, 4) is 0 Å². The normalized spacial score (nSPS) is 15.2. The molecule has 2 aromatic carbocycles. The summed E-state index contributed by atoms with van der Waals surface area (Å²) >= 11 is 0. The van der Waals surface area contributed by atoms with Gasteiger partial charge in [0.05, 0.1) is 24.6 Å². The summed E-state index contributed by atoms with van der Waals surface area (Å²) < 4.78 is 0. The van der Waals surface area contributed by atoms with Crippen molar-refractivity contribution in [1.29, 1.82) is 0 Å². The van der Waals surface area contributed by atoms with Crippen molar-refractivity contribution in [2.75, 3.05) is 36.6 Å². The first-order valence-corrected chi connectivity index (χ1v) is 11.0. The molecule has 0 amide bonds. The summed E-state index contributed by atoms with van der Waals surface area (Å²) in [5.41, 5.74) is 5.07. The molecule has 1 aliphatic heterocycles. The highest BCUT2D eigenvalue weighted by molar-refractivity contribution is 6.06. The van der Waals surface area contributed by atoms with Crippen molar-refractivity contribution >= 4 is 17.3 Å². The highest BCUT2D eigenvalue weighted by atomic mass is 16.3. The van der Waals surface area contributed by atoms with Crippen LogP contribution in [0.3, 0.4) is 0 Å². The third kappa shape index (κ3) is 5.52. The maximum atomic E-state index is 9.32. The summed E-state index contributed by atoms with van der Waals surface area (Å²) in [4.78, 5) is 14.3. The van der Waals surface area contributed by atoms with E-state index >= 15 is 0 Å². The summed E-state index contributed by atoms with van der Waals surface area (Å²) in [7, 11) is 0. The molecule has 1 unspecified atom stereocenters. The number of aliphatic imine (C=N–C) groups is 1. The summed E-state index contributed by atoms with van der Waals surface area (Å²) in [6, 6.07) is 20.1. The smallest absolute Gasteiger partial charge is 0.223 e. The fourth-order valence-corrected chi connectivity index (χ4v) is 3.78. The first kappa shape index (κ1) is 22.8. The molecule has 1 aliphatic rings. The van der Waals surface area contributed by atoms with Crippen molar-refractivity contribution in [1.82, 2.24) is 15.3 Å². The molecule has 0 aliphatic carbocycles. The minimum Gasteiger partial charge on any atom is -0.395 e. The van der Waals surface area contributed by atoms with Crippen molar-refractivity contribution in [3.05, 3.63) is 83.2 Å². The van der Waals surface area contributed by atoms with Crippen molar-refractivity contribution in [2.45, 2.75) is 19.1 Å². The minimum absolute atomic E-state index is 0.0296. The Morgan fingerprint density at radius 2 is 1.48 bits per heavy atom. The Kier molecular flexibility index (Phi) is 7.59. The van der Waals surface area contributed by atoms with Crippen LogP contribution in [-0.4, -0.2) is 58.5 Å². The van der Waals surface area contributed by atoms with Crippen molar-refractivity contribution < 1.29 is 10.2 Å². The van der Waals surface area contributed by atoms with E-state index in [2.05, 4.69) is 10.6 Å². The largest absolute Gasteiger partial charge is 0.395 e. The van der Waals surface area contributed by atoms with Gasteiger partial charge in [0.2, 0.25) is 5.95 Å². The van der Waals surface area contributed by atoms with E-state index in [1.165, 1.54) is 5.01 Å². The Balaban J connectivity index is 1.81. The first-order chi connectivity index (χ1) is 16.2. The van der Waals surface area contributed by atoms with Gasteiger partial charge in [-0.05, 0) is 11.1 Å². The number of nitrogens with zero attached hydrogens (tertiary/aromatic N) is 4. The predicted molar refractivity (Wildman–Crippen MR) is 129 cm³/mol. The lowest BCUT2D eigenvalue weighted by Crippen LogP contribution is -2.53. The number of hydrogen-bond donors (Lipinski definition) is 5. The Morgan fingerprint density at radius 1 is 0.848 bits per heavy atom. The molecule has 33 heavy (non-hydrogen) atoms. The highest BCUT2D eigenvalue weighted by Crippen LogP contribution is 2.31.